The third-order valence-electron chi connectivity index (χ3n) is 4.62. The second kappa shape index (κ2) is 7.90. The van der Waals surface area contributed by atoms with Gasteiger partial charge in [-0.1, -0.05) is 39.0 Å². The van der Waals surface area contributed by atoms with E-state index in [4.69, 9.17) is 0 Å². The molecule has 0 aromatic heterocycles. The van der Waals surface area contributed by atoms with Gasteiger partial charge in [-0.2, -0.15) is 0 Å². The third-order valence-corrected chi connectivity index (χ3v) is 4.62. The van der Waals surface area contributed by atoms with E-state index in [-0.39, 0.29) is 11.9 Å². The maximum atomic E-state index is 14.0. The molecule has 1 saturated heterocycles. The molecule has 1 aromatic carbocycles. The molecular weight excluding hydrogens is 263 g/mol. The molecule has 0 spiro atoms. The Morgan fingerprint density at radius 1 is 1.33 bits per heavy atom. The van der Waals surface area contributed by atoms with Crippen LogP contribution in [-0.2, 0) is 0 Å². The Kier molecular flexibility index (Phi) is 6.19. The van der Waals surface area contributed by atoms with E-state index in [2.05, 4.69) is 31.0 Å². The molecule has 2 unspecified atom stereocenters. The monoisotopic (exact) mass is 292 g/mol. The number of nitrogens with one attached hydrogen (secondary N) is 1. The van der Waals surface area contributed by atoms with Crippen LogP contribution < -0.4 is 5.32 Å². The highest BCUT2D eigenvalue weighted by molar-refractivity contribution is 5.21. The normalized spacial score (nSPS) is 21.1. The van der Waals surface area contributed by atoms with Gasteiger partial charge >= 0.3 is 0 Å². The van der Waals surface area contributed by atoms with Gasteiger partial charge in [-0.3, -0.25) is 0 Å². The van der Waals surface area contributed by atoms with Crippen LogP contribution in [0.3, 0.4) is 0 Å². The van der Waals surface area contributed by atoms with Crippen molar-refractivity contribution in [2.24, 2.45) is 5.92 Å². The topological polar surface area (TPSA) is 15.3 Å². The van der Waals surface area contributed by atoms with Crippen LogP contribution in [0.5, 0.6) is 0 Å². The zero-order chi connectivity index (χ0) is 15.2. The highest BCUT2D eigenvalue weighted by Gasteiger charge is 2.27. The van der Waals surface area contributed by atoms with E-state index in [1.54, 1.807) is 12.1 Å². The average Bonchev–Trinajstić information content (AvgIpc) is 2.93. The van der Waals surface area contributed by atoms with Gasteiger partial charge in [-0.25, -0.2) is 4.39 Å². The molecule has 0 aliphatic carbocycles. The van der Waals surface area contributed by atoms with Crippen molar-refractivity contribution in [1.82, 2.24) is 10.2 Å². The number of benzene rings is 1. The smallest absolute Gasteiger partial charge is 0.127 e. The summed E-state index contributed by atoms with van der Waals surface area (Å²) in [5.74, 6) is 0.615. The number of likely N-dealkylation sites (tertiary alicyclic amines) is 1. The molecule has 0 amide bonds. The SMILES string of the molecule is CCNC(CCN1CCCC1C(C)C)c1ccccc1F. The predicted molar refractivity (Wildman–Crippen MR) is 86.9 cm³/mol. The van der Waals surface area contributed by atoms with Gasteiger partial charge in [0.15, 0.2) is 0 Å². The van der Waals surface area contributed by atoms with Crippen molar-refractivity contribution >= 4 is 0 Å². The van der Waals surface area contributed by atoms with Gasteiger partial charge in [0.1, 0.15) is 5.82 Å². The molecule has 2 atom stereocenters. The van der Waals surface area contributed by atoms with Gasteiger partial charge in [-0.05, 0) is 44.3 Å². The van der Waals surface area contributed by atoms with E-state index in [1.807, 2.05) is 12.1 Å². The van der Waals surface area contributed by atoms with E-state index in [0.29, 0.717) is 12.0 Å². The molecule has 1 aromatic rings. The van der Waals surface area contributed by atoms with Crippen molar-refractivity contribution in [1.29, 1.82) is 0 Å². The van der Waals surface area contributed by atoms with Crippen LogP contribution in [-0.4, -0.2) is 30.6 Å². The first-order valence-corrected chi connectivity index (χ1v) is 8.35. The fourth-order valence-corrected chi connectivity index (χ4v) is 3.55. The zero-order valence-corrected chi connectivity index (χ0v) is 13.6. The molecule has 0 radical (unpaired) electrons. The molecule has 1 aliphatic rings. The van der Waals surface area contributed by atoms with Gasteiger partial charge in [0, 0.05) is 24.2 Å². The molecule has 0 bridgehead atoms. The molecular formula is C18H29FN2. The summed E-state index contributed by atoms with van der Waals surface area (Å²) in [5, 5.41) is 3.44. The summed E-state index contributed by atoms with van der Waals surface area (Å²) in [5.41, 5.74) is 0.805. The molecule has 1 aliphatic heterocycles. The highest BCUT2D eigenvalue weighted by Crippen LogP contribution is 2.26. The Morgan fingerprint density at radius 3 is 2.76 bits per heavy atom. The van der Waals surface area contributed by atoms with Crippen molar-refractivity contribution in [3.05, 3.63) is 35.6 Å². The highest BCUT2D eigenvalue weighted by atomic mass is 19.1. The van der Waals surface area contributed by atoms with Gasteiger partial charge in [0.25, 0.3) is 0 Å². The Hall–Kier alpha value is -0.930. The van der Waals surface area contributed by atoms with E-state index in [9.17, 15) is 4.39 Å². The first-order chi connectivity index (χ1) is 10.1. The Labute approximate surface area is 128 Å². The van der Waals surface area contributed by atoms with Gasteiger partial charge in [-0.15, -0.1) is 0 Å². The van der Waals surface area contributed by atoms with Crippen molar-refractivity contribution in [3.8, 4) is 0 Å². The van der Waals surface area contributed by atoms with Crippen LogP contribution in [0, 0.1) is 11.7 Å². The second-order valence-electron chi connectivity index (χ2n) is 6.41. The minimum absolute atomic E-state index is 0.0923. The quantitative estimate of drug-likeness (QED) is 0.817. The van der Waals surface area contributed by atoms with Crippen LogP contribution in [0.4, 0.5) is 4.39 Å². The van der Waals surface area contributed by atoms with Gasteiger partial charge in [0.2, 0.25) is 0 Å². The molecule has 0 saturated carbocycles. The standard InChI is InChI=1S/C18H29FN2/c1-4-20-17(15-8-5-6-9-16(15)19)11-13-21-12-7-10-18(21)14(2)3/h5-6,8-9,14,17-18,20H,4,7,10-13H2,1-3H3. The van der Waals surface area contributed by atoms with Crippen molar-refractivity contribution < 1.29 is 4.39 Å². The fourth-order valence-electron chi connectivity index (χ4n) is 3.55. The summed E-state index contributed by atoms with van der Waals surface area (Å²) in [4.78, 5) is 2.59. The molecule has 1 fully saturated rings. The van der Waals surface area contributed by atoms with E-state index < -0.39 is 0 Å². The Bertz CT molecular complexity index is 433. The van der Waals surface area contributed by atoms with Crippen LogP contribution in [0.1, 0.15) is 51.6 Å². The van der Waals surface area contributed by atoms with E-state index in [0.717, 1.165) is 25.1 Å². The van der Waals surface area contributed by atoms with Gasteiger partial charge in [0.05, 0.1) is 0 Å². The molecule has 3 heteroatoms. The maximum absolute atomic E-state index is 14.0. The van der Waals surface area contributed by atoms with E-state index in [1.165, 1.54) is 19.4 Å². The minimum atomic E-state index is -0.0923. The third kappa shape index (κ3) is 4.27. The molecule has 21 heavy (non-hydrogen) atoms. The van der Waals surface area contributed by atoms with Crippen LogP contribution >= 0.6 is 0 Å². The lowest BCUT2D eigenvalue weighted by molar-refractivity contribution is 0.196. The molecule has 1 heterocycles. The maximum Gasteiger partial charge on any atom is 0.127 e. The molecule has 2 rings (SSSR count). The Morgan fingerprint density at radius 2 is 2.10 bits per heavy atom. The van der Waals surface area contributed by atoms with E-state index >= 15 is 0 Å². The summed E-state index contributed by atoms with van der Waals surface area (Å²) in [6, 6.07) is 7.98. The summed E-state index contributed by atoms with van der Waals surface area (Å²) in [7, 11) is 0. The van der Waals surface area contributed by atoms with Crippen LogP contribution in [0.25, 0.3) is 0 Å². The lowest BCUT2D eigenvalue weighted by Crippen LogP contribution is -2.36. The average molecular weight is 292 g/mol. The van der Waals surface area contributed by atoms with Crippen LogP contribution in [0.15, 0.2) is 24.3 Å². The number of nitrogens with zero attached hydrogens (tertiary/aromatic N) is 1. The number of hydrogen-bond donors (Lipinski definition) is 1. The number of halogens is 1. The second-order valence-corrected chi connectivity index (χ2v) is 6.41. The van der Waals surface area contributed by atoms with Crippen molar-refractivity contribution in [2.75, 3.05) is 19.6 Å². The Balaban J connectivity index is 1.99. The number of hydrogen-bond acceptors (Lipinski definition) is 2. The van der Waals surface area contributed by atoms with Crippen molar-refractivity contribution in [3.63, 3.8) is 0 Å². The fraction of sp³-hybridized carbons (Fsp3) is 0.667. The molecule has 118 valence electrons. The molecule has 1 N–H and O–H groups in total. The summed E-state index contributed by atoms with van der Waals surface area (Å²) in [6.07, 6.45) is 3.58. The lowest BCUT2D eigenvalue weighted by atomic mass is 10.00. The molecule has 2 nitrogen and oxygen atoms in total. The minimum Gasteiger partial charge on any atom is -0.310 e. The van der Waals surface area contributed by atoms with Gasteiger partial charge < -0.3 is 10.2 Å². The zero-order valence-electron chi connectivity index (χ0n) is 13.6. The largest absolute Gasteiger partial charge is 0.310 e. The summed E-state index contributed by atoms with van der Waals surface area (Å²) >= 11 is 0. The lowest BCUT2D eigenvalue weighted by Gasteiger charge is -2.29. The summed E-state index contributed by atoms with van der Waals surface area (Å²) in [6.45, 7) is 9.81. The first kappa shape index (κ1) is 16.4. The summed E-state index contributed by atoms with van der Waals surface area (Å²) < 4.78 is 14.0. The first-order valence-electron chi connectivity index (χ1n) is 8.35. The van der Waals surface area contributed by atoms with Crippen molar-refractivity contribution in [2.45, 2.75) is 52.1 Å². The predicted octanol–water partition coefficient (Wildman–Crippen LogP) is 3.99. The number of rotatable bonds is 7. The van der Waals surface area contributed by atoms with Crippen LogP contribution in [0.2, 0.25) is 0 Å².